The Balaban J connectivity index is 2.44. The second-order valence-electron chi connectivity index (χ2n) is 6.20. The normalized spacial score (nSPS) is 12.2. The average molecular weight is 295 g/mol. The Kier molecular flexibility index (Phi) is 6.06. The molecule has 1 heteroatoms. The Hall–Kier alpha value is -1.76. The van der Waals surface area contributed by atoms with Gasteiger partial charge in [0.05, 0.1) is 0 Å². The van der Waals surface area contributed by atoms with Crippen LogP contribution in [-0.4, -0.2) is 6.04 Å². The van der Waals surface area contributed by atoms with Gasteiger partial charge in [0, 0.05) is 17.4 Å². The van der Waals surface area contributed by atoms with Crippen LogP contribution in [0.2, 0.25) is 0 Å². The summed E-state index contributed by atoms with van der Waals surface area (Å²) in [5.74, 6) is 0. The lowest BCUT2D eigenvalue weighted by atomic mass is 10.0. The first-order valence-electron chi connectivity index (χ1n) is 8.58. The number of anilines is 2. The summed E-state index contributed by atoms with van der Waals surface area (Å²) in [7, 11) is 0. The molecule has 0 N–H and O–H groups in total. The van der Waals surface area contributed by atoms with Gasteiger partial charge in [0.25, 0.3) is 0 Å². The fraction of sp³-hybridized carbons (Fsp3) is 0.429. The predicted molar refractivity (Wildman–Crippen MR) is 98.1 cm³/mol. The fourth-order valence-corrected chi connectivity index (χ4v) is 3.17. The summed E-state index contributed by atoms with van der Waals surface area (Å²) in [5.41, 5.74) is 5.34. The molecule has 0 fully saturated rings. The molecule has 22 heavy (non-hydrogen) atoms. The van der Waals surface area contributed by atoms with E-state index in [2.05, 4.69) is 81.1 Å². The maximum Gasteiger partial charge on any atom is 0.0443 e. The van der Waals surface area contributed by atoms with E-state index in [1.165, 1.54) is 48.2 Å². The largest absolute Gasteiger partial charge is 0.338 e. The van der Waals surface area contributed by atoms with Crippen LogP contribution in [0.5, 0.6) is 0 Å². The van der Waals surface area contributed by atoms with Crippen LogP contribution >= 0.6 is 0 Å². The average Bonchev–Trinajstić information content (AvgIpc) is 2.53. The fourth-order valence-electron chi connectivity index (χ4n) is 3.17. The number of para-hydroxylation sites is 1. The number of nitrogens with zero attached hydrogens (tertiary/aromatic N) is 1. The van der Waals surface area contributed by atoms with Gasteiger partial charge in [-0.25, -0.2) is 0 Å². The van der Waals surface area contributed by atoms with Gasteiger partial charge in [0.1, 0.15) is 0 Å². The standard InChI is InChI=1S/C21H29N/c1-5-7-11-19(6-2)22(20-12-9-8-10-13-20)21-15-14-17(3)16-18(21)4/h8-10,12-16,19H,5-7,11H2,1-4H3. The van der Waals surface area contributed by atoms with E-state index in [0.29, 0.717) is 6.04 Å². The second kappa shape index (κ2) is 8.03. The van der Waals surface area contributed by atoms with Crippen molar-refractivity contribution in [1.29, 1.82) is 0 Å². The number of unbranched alkanes of at least 4 members (excludes halogenated alkanes) is 1. The molecule has 0 radical (unpaired) electrons. The van der Waals surface area contributed by atoms with Crippen molar-refractivity contribution in [3.05, 3.63) is 59.7 Å². The van der Waals surface area contributed by atoms with E-state index in [0.717, 1.165) is 0 Å². The molecule has 0 spiro atoms. The zero-order valence-corrected chi connectivity index (χ0v) is 14.5. The second-order valence-corrected chi connectivity index (χ2v) is 6.20. The highest BCUT2D eigenvalue weighted by Gasteiger charge is 2.20. The first-order chi connectivity index (χ1) is 10.7. The van der Waals surface area contributed by atoms with Gasteiger partial charge < -0.3 is 4.90 Å². The molecule has 0 heterocycles. The van der Waals surface area contributed by atoms with Crippen molar-refractivity contribution in [2.75, 3.05) is 4.90 Å². The summed E-state index contributed by atoms with van der Waals surface area (Å²) < 4.78 is 0. The van der Waals surface area contributed by atoms with Gasteiger partial charge in [-0.1, -0.05) is 62.6 Å². The van der Waals surface area contributed by atoms with E-state index in [-0.39, 0.29) is 0 Å². The molecule has 0 aliphatic heterocycles. The Morgan fingerprint density at radius 1 is 0.955 bits per heavy atom. The molecule has 1 unspecified atom stereocenters. The number of hydrogen-bond donors (Lipinski definition) is 0. The highest BCUT2D eigenvalue weighted by atomic mass is 15.2. The van der Waals surface area contributed by atoms with Crippen molar-refractivity contribution in [3.8, 4) is 0 Å². The van der Waals surface area contributed by atoms with Crippen LogP contribution in [0.4, 0.5) is 11.4 Å². The highest BCUT2D eigenvalue weighted by molar-refractivity contribution is 5.67. The first-order valence-corrected chi connectivity index (χ1v) is 8.58. The molecule has 2 aromatic rings. The van der Waals surface area contributed by atoms with Gasteiger partial charge >= 0.3 is 0 Å². The van der Waals surface area contributed by atoms with Crippen LogP contribution in [0, 0.1) is 13.8 Å². The smallest absolute Gasteiger partial charge is 0.0443 e. The minimum absolute atomic E-state index is 0.559. The molecule has 0 aliphatic rings. The van der Waals surface area contributed by atoms with Gasteiger partial charge in [-0.2, -0.15) is 0 Å². The molecule has 0 amide bonds. The Morgan fingerprint density at radius 3 is 2.27 bits per heavy atom. The monoisotopic (exact) mass is 295 g/mol. The van der Waals surface area contributed by atoms with Gasteiger partial charge in [-0.3, -0.25) is 0 Å². The molecule has 2 aromatic carbocycles. The van der Waals surface area contributed by atoms with Crippen LogP contribution < -0.4 is 4.90 Å². The third kappa shape index (κ3) is 3.91. The van der Waals surface area contributed by atoms with Crippen molar-refractivity contribution in [2.45, 2.75) is 59.4 Å². The lowest BCUT2D eigenvalue weighted by Gasteiger charge is -2.35. The topological polar surface area (TPSA) is 3.24 Å². The quantitative estimate of drug-likeness (QED) is 0.570. The molecule has 0 aliphatic carbocycles. The van der Waals surface area contributed by atoms with Crippen LogP contribution in [-0.2, 0) is 0 Å². The minimum Gasteiger partial charge on any atom is -0.338 e. The SMILES string of the molecule is CCCCC(CC)N(c1ccccc1)c1ccc(C)cc1C. The Bertz CT molecular complexity index is 574. The van der Waals surface area contributed by atoms with Crippen molar-refractivity contribution >= 4 is 11.4 Å². The zero-order valence-electron chi connectivity index (χ0n) is 14.5. The summed E-state index contributed by atoms with van der Waals surface area (Å²) in [6, 6.07) is 18.2. The third-order valence-electron chi connectivity index (χ3n) is 4.37. The molecule has 0 saturated carbocycles. The van der Waals surface area contributed by atoms with E-state index >= 15 is 0 Å². The molecule has 1 atom stereocenters. The van der Waals surface area contributed by atoms with Gasteiger partial charge in [-0.15, -0.1) is 0 Å². The van der Waals surface area contributed by atoms with Crippen LogP contribution in [0.3, 0.4) is 0 Å². The van der Waals surface area contributed by atoms with E-state index < -0.39 is 0 Å². The van der Waals surface area contributed by atoms with Crippen LogP contribution in [0.1, 0.15) is 50.7 Å². The van der Waals surface area contributed by atoms with Crippen LogP contribution in [0.25, 0.3) is 0 Å². The van der Waals surface area contributed by atoms with Gasteiger partial charge in [0.15, 0.2) is 0 Å². The molecular weight excluding hydrogens is 266 g/mol. The zero-order chi connectivity index (χ0) is 15.9. The predicted octanol–water partition coefficient (Wildman–Crippen LogP) is 6.41. The molecular formula is C21H29N. The molecule has 118 valence electrons. The summed E-state index contributed by atoms with van der Waals surface area (Å²) >= 11 is 0. The number of rotatable bonds is 7. The van der Waals surface area contributed by atoms with Gasteiger partial charge in [0.2, 0.25) is 0 Å². The van der Waals surface area contributed by atoms with Gasteiger partial charge in [-0.05, 0) is 50.5 Å². The highest BCUT2D eigenvalue weighted by Crippen LogP contribution is 2.33. The van der Waals surface area contributed by atoms with Crippen LogP contribution in [0.15, 0.2) is 48.5 Å². The van der Waals surface area contributed by atoms with E-state index in [4.69, 9.17) is 0 Å². The minimum atomic E-state index is 0.559. The molecule has 2 rings (SSSR count). The maximum atomic E-state index is 2.55. The third-order valence-corrected chi connectivity index (χ3v) is 4.37. The van der Waals surface area contributed by atoms with Crippen molar-refractivity contribution < 1.29 is 0 Å². The summed E-state index contributed by atoms with van der Waals surface area (Å²) in [4.78, 5) is 2.55. The lowest BCUT2D eigenvalue weighted by Crippen LogP contribution is -2.31. The number of hydrogen-bond acceptors (Lipinski definition) is 1. The molecule has 1 nitrogen and oxygen atoms in total. The number of benzene rings is 2. The maximum absolute atomic E-state index is 2.55. The van der Waals surface area contributed by atoms with Crippen molar-refractivity contribution in [1.82, 2.24) is 0 Å². The summed E-state index contributed by atoms with van der Waals surface area (Å²) in [6.07, 6.45) is 4.95. The molecule has 0 bridgehead atoms. The van der Waals surface area contributed by atoms with E-state index in [1.54, 1.807) is 0 Å². The summed E-state index contributed by atoms with van der Waals surface area (Å²) in [6.45, 7) is 8.97. The first kappa shape index (κ1) is 16.6. The lowest BCUT2D eigenvalue weighted by molar-refractivity contribution is 0.550. The summed E-state index contributed by atoms with van der Waals surface area (Å²) in [5, 5.41) is 0. The molecule has 0 aromatic heterocycles. The number of aryl methyl sites for hydroxylation is 2. The Morgan fingerprint density at radius 2 is 1.68 bits per heavy atom. The van der Waals surface area contributed by atoms with Crippen molar-refractivity contribution in [2.24, 2.45) is 0 Å². The van der Waals surface area contributed by atoms with Crippen molar-refractivity contribution in [3.63, 3.8) is 0 Å². The van der Waals surface area contributed by atoms with E-state index in [9.17, 15) is 0 Å². The van der Waals surface area contributed by atoms with E-state index in [1.807, 2.05) is 0 Å². The molecule has 0 saturated heterocycles. The Labute approximate surface area is 136 Å².